The van der Waals surface area contributed by atoms with E-state index in [1.807, 2.05) is 0 Å². The van der Waals surface area contributed by atoms with Crippen LogP contribution in [0.1, 0.15) is 64.2 Å². The number of sulfonamides is 1. The Bertz CT molecular complexity index is 926. The first-order chi connectivity index (χ1) is 15.4. The standard InChI is InChI=1S/C24H34N2O5S/c27-23(26-24-14-17-10-18(15-24)12-19(11-17)16-24)4-2-1-3-7-25-32(28,29)20-5-6-21-22(13-20)31-9-8-30-21/h5-6,13,17-19,25H,1-4,7-12,14-16H2,(H,26,27). The van der Waals surface area contributed by atoms with Gasteiger partial charge in [0, 0.05) is 24.6 Å². The van der Waals surface area contributed by atoms with Gasteiger partial charge >= 0.3 is 0 Å². The Balaban J connectivity index is 1.02. The molecule has 0 aromatic heterocycles. The van der Waals surface area contributed by atoms with Crippen molar-refractivity contribution in [2.45, 2.75) is 74.6 Å². The highest BCUT2D eigenvalue weighted by Gasteiger charge is 2.51. The smallest absolute Gasteiger partial charge is 0.240 e. The molecule has 0 radical (unpaired) electrons. The minimum atomic E-state index is -3.59. The maximum Gasteiger partial charge on any atom is 0.240 e. The molecule has 4 fully saturated rings. The molecule has 0 saturated heterocycles. The van der Waals surface area contributed by atoms with Crippen LogP contribution in [0.5, 0.6) is 11.5 Å². The lowest BCUT2D eigenvalue weighted by Crippen LogP contribution is -2.59. The molecule has 8 heteroatoms. The van der Waals surface area contributed by atoms with E-state index in [9.17, 15) is 13.2 Å². The number of carbonyl (C=O) groups is 1. The second-order valence-electron chi connectivity index (χ2n) is 10.3. The van der Waals surface area contributed by atoms with Gasteiger partial charge in [0.15, 0.2) is 11.5 Å². The first-order valence-corrected chi connectivity index (χ1v) is 13.6. The van der Waals surface area contributed by atoms with Gasteiger partial charge in [-0.3, -0.25) is 4.79 Å². The van der Waals surface area contributed by atoms with Crippen molar-refractivity contribution in [2.24, 2.45) is 17.8 Å². The summed E-state index contributed by atoms with van der Waals surface area (Å²) in [6.07, 6.45) is 10.5. The van der Waals surface area contributed by atoms with E-state index in [1.165, 1.54) is 50.7 Å². The number of carbonyl (C=O) groups excluding carboxylic acids is 1. The predicted molar refractivity (Wildman–Crippen MR) is 120 cm³/mol. The number of rotatable bonds is 9. The third-order valence-corrected chi connectivity index (χ3v) is 9.10. The molecule has 1 aliphatic heterocycles. The minimum Gasteiger partial charge on any atom is -0.486 e. The van der Waals surface area contributed by atoms with Crippen molar-refractivity contribution in [1.82, 2.24) is 10.0 Å². The van der Waals surface area contributed by atoms with Gasteiger partial charge in [0.2, 0.25) is 15.9 Å². The summed E-state index contributed by atoms with van der Waals surface area (Å²) in [4.78, 5) is 12.8. The van der Waals surface area contributed by atoms with Crippen molar-refractivity contribution in [3.63, 3.8) is 0 Å². The molecule has 1 heterocycles. The summed E-state index contributed by atoms with van der Waals surface area (Å²) in [6.45, 7) is 1.24. The summed E-state index contributed by atoms with van der Waals surface area (Å²) in [5.74, 6) is 3.67. The molecule has 0 spiro atoms. The van der Waals surface area contributed by atoms with E-state index in [4.69, 9.17) is 9.47 Å². The van der Waals surface area contributed by atoms with Crippen LogP contribution in [0, 0.1) is 17.8 Å². The fourth-order valence-electron chi connectivity index (χ4n) is 6.69. The Morgan fingerprint density at radius 3 is 2.28 bits per heavy atom. The largest absolute Gasteiger partial charge is 0.486 e. The number of ether oxygens (including phenoxy) is 2. The van der Waals surface area contributed by atoms with E-state index in [0.29, 0.717) is 44.1 Å². The van der Waals surface area contributed by atoms with Crippen LogP contribution < -0.4 is 19.5 Å². The Morgan fingerprint density at radius 2 is 1.59 bits per heavy atom. The van der Waals surface area contributed by atoms with E-state index in [-0.39, 0.29) is 16.3 Å². The molecule has 7 nitrogen and oxygen atoms in total. The highest BCUT2D eigenvalue weighted by molar-refractivity contribution is 7.89. The van der Waals surface area contributed by atoms with Crippen molar-refractivity contribution in [3.05, 3.63) is 18.2 Å². The fraction of sp³-hybridized carbons (Fsp3) is 0.708. The lowest BCUT2D eigenvalue weighted by atomic mass is 9.53. The van der Waals surface area contributed by atoms with E-state index in [1.54, 1.807) is 6.07 Å². The lowest BCUT2D eigenvalue weighted by molar-refractivity contribution is -0.127. The molecule has 4 aliphatic carbocycles. The second kappa shape index (κ2) is 8.86. The minimum absolute atomic E-state index is 0.0745. The van der Waals surface area contributed by atoms with Gasteiger partial charge in [-0.05, 0) is 81.3 Å². The van der Waals surface area contributed by atoms with Gasteiger partial charge in [-0.15, -0.1) is 0 Å². The molecule has 0 unspecified atom stereocenters. The molecule has 0 atom stereocenters. The first-order valence-electron chi connectivity index (χ1n) is 12.1. The Kier molecular flexibility index (Phi) is 6.09. The highest BCUT2D eigenvalue weighted by atomic mass is 32.2. The quantitative estimate of drug-likeness (QED) is 0.549. The Labute approximate surface area is 190 Å². The van der Waals surface area contributed by atoms with Gasteiger partial charge in [-0.25, -0.2) is 13.1 Å². The number of unbranched alkanes of at least 4 members (excludes halogenated alkanes) is 2. The monoisotopic (exact) mass is 462 g/mol. The maximum absolute atomic E-state index is 12.6. The molecular weight excluding hydrogens is 428 g/mol. The zero-order valence-corrected chi connectivity index (χ0v) is 19.4. The van der Waals surface area contributed by atoms with E-state index >= 15 is 0 Å². The lowest BCUT2D eigenvalue weighted by Gasteiger charge is -2.56. The van der Waals surface area contributed by atoms with Crippen molar-refractivity contribution in [2.75, 3.05) is 19.8 Å². The number of fused-ring (bicyclic) bond motifs is 1. The zero-order chi connectivity index (χ0) is 22.2. The van der Waals surface area contributed by atoms with Crippen LogP contribution in [-0.2, 0) is 14.8 Å². The van der Waals surface area contributed by atoms with Crippen LogP contribution in [0.15, 0.2) is 23.1 Å². The van der Waals surface area contributed by atoms with Crippen molar-refractivity contribution >= 4 is 15.9 Å². The first kappa shape index (κ1) is 22.0. The molecule has 2 N–H and O–H groups in total. The summed E-state index contributed by atoms with van der Waals surface area (Å²) in [5, 5.41) is 3.41. The summed E-state index contributed by atoms with van der Waals surface area (Å²) in [5.41, 5.74) is 0.0745. The van der Waals surface area contributed by atoms with Gasteiger partial charge in [-0.2, -0.15) is 0 Å². The molecule has 6 rings (SSSR count). The molecule has 4 saturated carbocycles. The summed E-state index contributed by atoms with van der Waals surface area (Å²) < 4.78 is 38.6. The van der Waals surface area contributed by atoms with Crippen LogP contribution in [0.3, 0.4) is 0 Å². The average molecular weight is 463 g/mol. The van der Waals surface area contributed by atoms with Crippen molar-refractivity contribution in [3.8, 4) is 11.5 Å². The van der Waals surface area contributed by atoms with Crippen LogP contribution in [-0.4, -0.2) is 39.6 Å². The molecular formula is C24H34N2O5S. The normalized spacial score (nSPS) is 30.3. The number of hydrogen-bond donors (Lipinski definition) is 2. The van der Waals surface area contributed by atoms with Crippen LogP contribution in [0.25, 0.3) is 0 Å². The third-order valence-electron chi connectivity index (χ3n) is 7.64. The SMILES string of the molecule is O=C(CCCCCNS(=O)(=O)c1ccc2c(c1)OCCO2)NC12CC3CC(CC(C3)C1)C2. The van der Waals surface area contributed by atoms with Gasteiger partial charge < -0.3 is 14.8 Å². The van der Waals surface area contributed by atoms with E-state index in [0.717, 1.165) is 30.6 Å². The number of hydrogen-bond acceptors (Lipinski definition) is 5. The maximum atomic E-state index is 12.6. The topological polar surface area (TPSA) is 93.7 Å². The van der Waals surface area contributed by atoms with Gasteiger partial charge in [-0.1, -0.05) is 6.42 Å². The van der Waals surface area contributed by atoms with E-state index < -0.39 is 10.0 Å². The Morgan fingerprint density at radius 1 is 0.938 bits per heavy atom. The number of benzene rings is 1. The third kappa shape index (κ3) is 4.76. The van der Waals surface area contributed by atoms with Crippen LogP contribution in [0.2, 0.25) is 0 Å². The van der Waals surface area contributed by atoms with Crippen LogP contribution >= 0.6 is 0 Å². The fourth-order valence-corrected chi connectivity index (χ4v) is 7.78. The molecule has 176 valence electrons. The summed E-state index contributed by atoms with van der Waals surface area (Å²) in [7, 11) is -3.59. The molecule has 32 heavy (non-hydrogen) atoms. The number of nitrogens with one attached hydrogen (secondary N) is 2. The van der Waals surface area contributed by atoms with Crippen LogP contribution in [0.4, 0.5) is 0 Å². The zero-order valence-electron chi connectivity index (χ0n) is 18.6. The molecule has 1 aromatic rings. The van der Waals surface area contributed by atoms with Gasteiger partial charge in [0.05, 0.1) is 4.90 Å². The molecule has 5 aliphatic rings. The number of amides is 1. The predicted octanol–water partition coefficient (Wildman–Crippen LogP) is 3.38. The van der Waals surface area contributed by atoms with Crippen molar-refractivity contribution < 1.29 is 22.7 Å². The summed E-state index contributed by atoms with van der Waals surface area (Å²) >= 11 is 0. The van der Waals surface area contributed by atoms with Gasteiger partial charge in [0.1, 0.15) is 13.2 Å². The van der Waals surface area contributed by atoms with E-state index in [2.05, 4.69) is 10.0 Å². The average Bonchev–Trinajstić information content (AvgIpc) is 2.74. The molecule has 1 amide bonds. The van der Waals surface area contributed by atoms with Gasteiger partial charge in [0.25, 0.3) is 0 Å². The molecule has 1 aromatic carbocycles. The van der Waals surface area contributed by atoms with Crippen molar-refractivity contribution in [1.29, 1.82) is 0 Å². The Hall–Kier alpha value is -1.80. The molecule has 4 bridgehead atoms. The second-order valence-corrected chi connectivity index (χ2v) is 12.0. The summed E-state index contributed by atoms with van der Waals surface area (Å²) in [6, 6.07) is 4.67. The highest BCUT2D eigenvalue weighted by Crippen LogP contribution is 2.55.